The standard InChI is InChI=1S/C15H16N4O/c1-18-9-12(11-5-3-4-6-13(11)18)15(20)19(2)10-14-16-7-8-17-14/h3-9H,10H2,1-2H3,(H,16,17). The van der Waals surface area contributed by atoms with Crippen molar-refractivity contribution in [3.8, 4) is 0 Å². The highest BCUT2D eigenvalue weighted by molar-refractivity contribution is 6.06. The van der Waals surface area contributed by atoms with Gasteiger partial charge in [0, 0.05) is 43.6 Å². The Morgan fingerprint density at radius 2 is 2.20 bits per heavy atom. The van der Waals surface area contributed by atoms with E-state index in [0.717, 1.165) is 22.3 Å². The minimum absolute atomic E-state index is 0.00167. The topological polar surface area (TPSA) is 53.9 Å². The van der Waals surface area contributed by atoms with Crippen LogP contribution in [-0.4, -0.2) is 32.4 Å². The average Bonchev–Trinajstić information content (AvgIpc) is 3.07. The lowest BCUT2D eigenvalue weighted by atomic mass is 10.1. The summed E-state index contributed by atoms with van der Waals surface area (Å²) < 4.78 is 1.98. The fourth-order valence-electron chi connectivity index (χ4n) is 2.40. The number of rotatable bonds is 3. The molecule has 20 heavy (non-hydrogen) atoms. The van der Waals surface area contributed by atoms with Crippen LogP contribution in [0, 0.1) is 0 Å². The molecule has 0 aliphatic heterocycles. The van der Waals surface area contributed by atoms with Crippen molar-refractivity contribution in [2.24, 2.45) is 7.05 Å². The van der Waals surface area contributed by atoms with Gasteiger partial charge in [-0.2, -0.15) is 0 Å². The number of carbonyl (C=O) groups is 1. The van der Waals surface area contributed by atoms with Gasteiger partial charge in [-0.1, -0.05) is 18.2 Å². The molecule has 0 radical (unpaired) electrons. The van der Waals surface area contributed by atoms with Gasteiger partial charge in [0.15, 0.2) is 0 Å². The molecule has 0 fully saturated rings. The maximum atomic E-state index is 12.6. The third-order valence-corrected chi connectivity index (χ3v) is 3.42. The van der Waals surface area contributed by atoms with Crippen molar-refractivity contribution in [1.82, 2.24) is 19.4 Å². The SMILES string of the molecule is CN(Cc1ncc[nH]1)C(=O)c1cn(C)c2ccccc12. The first-order chi connectivity index (χ1) is 9.66. The number of H-pyrrole nitrogens is 1. The minimum Gasteiger partial charge on any atom is -0.350 e. The molecule has 0 saturated carbocycles. The van der Waals surface area contributed by atoms with Crippen LogP contribution in [0.2, 0.25) is 0 Å². The van der Waals surface area contributed by atoms with E-state index in [-0.39, 0.29) is 5.91 Å². The molecule has 2 heterocycles. The van der Waals surface area contributed by atoms with Gasteiger partial charge >= 0.3 is 0 Å². The van der Waals surface area contributed by atoms with Crippen LogP contribution in [0.5, 0.6) is 0 Å². The number of carbonyl (C=O) groups excluding carboxylic acids is 1. The van der Waals surface area contributed by atoms with Crippen molar-refractivity contribution in [3.63, 3.8) is 0 Å². The monoisotopic (exact) mass is 268 g/mol. The summed E-state index contributed by atoms with van der Waals surface area (Å²) in [6.07, 6.45) is 5.32. The Hall–Kier alpha value is -2.56. The number of amides is 1. The molecule has 5 nitrogen and oxygen atoms in total. The quantitative estimate of drug-likeness (QED) is 0.791. The van der Waals surface area contributed by atoms with Crippen molar-refractivity contribution >= 4 is 16.8 Å². The van der Waals surface area contributed by atoms with Crippen molar-refractivity contribution in [3.05, 3.63) is 54.2 Å². The van der Waals surface area contributed by atoms with E-state index in [9.17, 15) is 4.79 Å². The second-order valence-electron chi connectivity index (χ2n) is 4.87. The van der Waals surface area contributed by atoms with Crippen LogP contribution in [0.15, 0.2) is 42.9 Å². The summed E-state index contributed by atoms with van der Waals surface area (Å²) in [7, 11) is 3.73. The zero-order chi connectivity index (χ0) is 14.1. The number of aryl methyl sites for hydroxylation is 1. The summed E-state index contributed by atoms with van der Waals surface area (Å²) >= 11 is 0. The zero-order valence-corrected chi connectivity index (χ0v) is 11.5. The smallest absolute Gasteiger partial charge is 0.256 e. The Labute approximate surface area is 116 Å². The molecule has 5 heteroatoms. The van der Waals surface area contributed by atoms with Gasteiger partial charge < -0.3 is 14.5 Å². The number of aromatic amines is 1. The van der Waals surface area contributed by atoms with Gasteiger partial charge in [0.05, 0.1) is 12.1 Å². The molecule has 2 aromatic heterocycles. The van der Waals surface area contributed by atoms with E-state index >= 15 is 0 Å². The van der Waals surface area contributed by atoms with Crippen molar-refractivity contribution in [2.45, 2.75) is 6.54 Å². The lowest BCUT2D eigenvalue weighted by Crippen LogP contribution is -2.26. The van der Waals surface area contributed by atoms with Crippen LogP contribution >= 0.6 is 0 Å². The molecule has 0 aliphatic rings. The summed E-state index contributed by atoms with van der Waals surface area (Å²) in [6, 6.07) is 7.91. The molecule has 0 atom stereocenters. The van der Waals surface area contributed by atoms with Gasteiger partial charge in [-0.05, 0) is 6.07 Å². The van der Waals surface area contributed by atoms with Crippen molar-refractivity contribution in [1.29, 1.82) is 0 Å². The highest BCUT2D eigenvalue weighted by Gasteiger charge is 2.18. The normalized spacial score (nSPS) is 10.9. The highest BCUT2D eigenvalue weighted by atomic mass is 16.2. The summed E-state index contributed by atoms with van der Waals surface area (Å²) in [6.45, 7) is 0.467. The molecule has 1 N–H and O–H groups in total. The largest absolute Gasteiger partial charge is 0.350 e. The van der Waals surface area contributed by atoms with Crippen LogP contribution < -0.4 is 0 Å². The summed E-state index contributed by atoms with van der Waals surface area (Å²) in [5.74, 6) is 0.777. The molecule has 0 unspecified atom stereocenters. The van der Waals surface area contributed by atoms with Gasteiger partial charge in [0.1, 0.15) is 5.82 Å². The van der Waals surface area contributed by atoms with Crippen LogP contribution in [0.4, 0.5) is 0 Å². The minimum atomic E-state index is -0.00167. The fraction of sp³-hybridized carbons (Fsp3) is 0.200. The lowest BCUT2D eigenvalue weighted by Gasteiger charge is -2.15. The van der Waals surface area contributed by atoms with Crippen LogP contribution in [0.1, 0.15) is 16.2 Å². The number of hydrogen-bond acceptors (Lipinski definition) is 2. The number of benzene rings is 1. The Morgan fingerprint density at radius 1 is 1.40 bits per heavy atom. The van der Waals surface area contributed by atoms with E-state index in [2.05, 4.69) is 9.97 Å². The zero-order valence-electron chi connectivity index (χ0n) is 11.5. The molecular weight excluding hydrogens is 252 g/mol. The second kappa shape index (κ2) is 4.85. The Kier molecular flexibility index (Phi) is 3.02. The number of nitrogens with one attached hydrogen (secondary N) is 1. The highest BCUT2D eigenvalue weighted by Crippen LogP contribution is 2.21. The molecule has 3 aromatic rings. The summed E-state index contributed by atoms with van der Waals surface area (Å²) in [5, 5.41) is 0.978. The third-order valence-electron chi connectivity index (χ3n) is 3.42. The van der Waals surface area contributed by atoms with E-state index in [4.69, 9.17) is 0 Å². The number of para-hydroxylation sites is 1. The first kappa shape index (κ1) is 12.5. The molecule has 1 amide bonds. The number of fused-ring (bicyclic) bond motifs is 1. The Bertz CT molecular complexity index is 742. The Balaban J connectivity index is 1.92. The number of imidazole rings is 1. The molecule has 1 aromatic carbocycles. The van der Waals surface area contributed by atoms with Gasteiger partial charge in [0.2, 0.25) is 0 Å². The van der Waals surface area contributed by atoms with E-state index in [1.54, 1.807) is 24.3 Å². The fourth-order valence-corrected chi connectivity index (χ4v) is 2.40. The van der Waals surface area contributed by atoms with Gasteiger partial charge in [-0.3, -0.25) is 4.79 Å². The molecule has 102 valence electrons. The Morgan fingerprint density at radius 3 is 2.95 bits per heavy atom. The van der Waals surface area contributed by atoms with Crippen molar-refractivity contribution < 1.29 is 4.79 Å². The maximum absolute atomic E-state index is 12.6. The van der Waals surface area contributed by atoms with Gasteiger partial charge in [-0.25, -0.2) is 4.98 Å². The molecule has 3 rings (SSSR count). The van der Waals surface area contributed by atoms with Crippen LogP contribution in [0.25, 0.3) is 10.9 Å². The molecule has 0 aliphatic carbocycles. The van der Waals surface area contributed by atoms with Gasteiger partial charge in [0.25, 0.3) is 5.91 Å². The van der Waals surface area contributed by atoms with Crippen LogP contribution in [-0.2, 0) is 13.6 Å². The third kappa shape index (κ3) is 2.07. The first-order valence-electron chi connectivity index (χ1n) is 6.44. The van der Waals surface area contributed by atoms with E-state index in [1.807, 2.05) is 42.1 Å². The maximum Gasteiger partial charge on any atom is 0.256 e. The van der Waals surface area contributed by atoms with E-state index < -0.39 is 0 Å². The second-order valence-corrected chi connectivity index (χ2v) is 4.87. The predicted molar refractivity (Wildman–Crippen MR) is 77.3 cm³/mol. The number of nitrogens with zero attached hydrogens (tertiary/aromatic N) is 3. The number of hydrogen-bond donors (Lipinski definition) is 1. The van der Waals surface area contributed by atoms with Gasteiger partial charge in [-0.15, -0.1) is 0 Å². The van der Waals surface area contributed by atoms with Crippen molar-refractivity contribution in [2.75, 3.05) is 7.05 Å². The van der Waals surface area contributed by atoms with E-state index in [0.29, 0.717) is 6.54 Å². The molecular formula is C15H16N4O. The summed E-state index contributed by atoms with van der Waals surface area (Å²) in [5.41, 5.74) is 1.78. The predicted octanol–water partition coefficient (Wildman–Crippen LogP) is 2.17. The molecule has 0 spiro atoms. The molecule has 0 bridgehead atoms. The molecule has 0 saturated heterocycles. The lowest BCUT2D eigenvalue weighted by molar-refractivity contribution is 0.0783. The average molecular weight is 268 g/mol. The first-order valence-corrected chi connectivity index (χ1v) is 6.44. The number of aromatic nitrogens is 3. The summed E-state index contributed by atoms with van der Waals surface area (Å²) in [4.78, 5) is 21.4. The van der Waals surface area contributed by atoms with E-state index in [1.165, 1.54) is 0 Å². The van der Waals surface area contributed by atoms with Crippen LogP contribution in [0.3, 0.4) is 0 Å².